The van der Waals surface area contributed by atoms with Crippen LogP contribution in [0.2, 0.25) is 0 Å². The van der Waals surface area contributed by atoms with Gasteiger partial charge < -0.3 is 14.2 Å². The van der Waals surface area contributed by atoms with E-state index in [9.17, 15) is 9.18 Å². The minimum atomic E-state index is -0.543. The lowest BCUT2D eigenvalue weighted by molar-refractivity contribution is 0.0759. The number of nitrogens with zero attached hydrogens (tertiary/aromatic N) is 4. The second-order valence-electron chi connectivity index (χ2n) is 6.52. The van der Waals surface area contributed by atoms with E-state index in [-0.39, 0.29) is 23.6 Å². The van der Waals surface area contributed by atoms with E-state index in [2.05, 4.69) is 15.1 Å². The summed E-state index contributed by atoms with van der Waals surface area (Å²) in [7, 11) is 0. The van der Waals surface area contributed by atoms with Crippen molar-refractivity contribution in [2.75, 3.05) is 13.1 Å². The number of aryl methyl sites for hydroxylation is 1. The Kier molecular flexibility index (Phi) is 5.01. The molecule has 1 amide bonds. The van der Waals surface area contributed by atoms with Crippen LogP contribution in [0.15, 0.2) is 47.2 Å². The Balaban J connectivity index is 1.42. The van der Waals surface area contributed by atoms with E-state index in [1.807, 2.05) is 37.3 Å². The summed E-state index contributed by atoms with van der Waals surface area (Å²) in [6.45, 7) is 2.63. The van der Waals surface area contributed by atoms with Crippen molar-refractivity contribution in [1.29, 1.82) is 0 Å². The van der Waals surface area contributed by atoms with Crippen molar-refractivity contribution in [2.24, 2.45) is 0 Å². The molecule has 3 aromatic rings. The maximum absolute atomic E-state index is 14.3. The van der Waals surface area contributed by atoms with Gasteiger partial charge in [-0.15, -0.1) is 0 Å². The molecule has 1 aliphatic rings. The monoisotopic (exact) mass is 382 g/mol. The van der Waals surface area contributed by atoms with E-state index >= 15 is 0 Å². The number of hydrogen-bond acceptors (Lipinski definition) is 6. The van der Waals surface area contributed by atoms with Crippen LogP contribution in [-0.2, 0) is 6.42 Å². The van der Waals surface area contributed by atoms with Gasteiger partial charge in [-0.3, -0.25) is 4.79 Å². The molecular weight excluding hydrogens is 363 g/mol. The Morgan fingerprint density at radius 1 is 1.32 bits per heavy atom. The average Bonchev–Trinajstić information content (AvgIpc) is 3.40. The number of amides is 1. The molecule has 0 saturated carbocycles. The summed E-state index contributed by atoms with van der Waals surface area (Å²) in [5, 5.41) is 3.90. The van der Waals surface area contributed by atoms with Crippen LogP contribution in [0.25, 0.3) is 11.3 Å². The number of carbonyl (C=O) groups excluding carboxylic acids is 1. The van der Waals surface area contributed by atoms with Gasteiger partial charge in [0.05, 0.1) is 12.2 Å². The Morgan fingerprint density at radius 2 is 2.14 bits per heavy atom. The number of rotatable bonds is 5. The summed E-state index contributed by atoms with van der Waals surface area (Å²) in [6.07, 6.45) is 1.99. The number of likely N-dealkylation sites (tertiary alicyclic amines) is 1. The van der Waals surface area contributed by atoms with E-state index in [0.717, 1.165) is 5.56 Å². The molecule has 1 unspecified atom stereocenters. The first-order chi connectivity index (χ1) is 13.7. The van der Waals surface area contributed by atoms with Crippen LogP contribution in [0.5, 0.6) is 5.88 Å². The van der Waals surface area contributed by atoms with Crippen molar-refractivity contribution in [3.05, 3.63) is 59.9 Å². The molecule has 1 fully saturated rings. The zero-order chi connectivity index (χ0) is 19.5. The Labute approximate surface area is 161 Å². The van der Waals surface area contributed by atoms with Crippen LogP contribution < -0.4 is 4.74 Å². The predicted octanol–water partition coefficient (Wildman–Crippen LogP) is 3.13. The van der Waals surface area contributed by atoms with Crippen LogP contribution in [0.3, 0.4) is 0 Å². The summed E-state index contributed by atoms with van der Waals surface area (Å²) in [6, 6.07) is 11.1. The molecule has 7 nitrogen and oxygen atoms in total. The lowest BCUT2D eigenvalue weighted by Gasteiger charge is -2.16. The number of carbonyl (C=O) groups is 1. The van der Waals surface area contributed by atoms with Crippen LogP contribution in [-0.4, -0.2) is 45.1 Å². The average molecular weight is 382 g/mol. The van der Waals surface area contributed by atoms with Crippen molar-refractivity contribution in [1.82, 2.24) is 20.0 Å². The summed E-state index contributed by atoms with van der Waals surface area (Å²) in [4.78, 5) is 22.1. The predicted molar refractivity (Wildman–Crippen MR) is 98.2 cm³/mol. The van der Waals surface area contributed by atoms with E-state index in [4.69, 9.17) is 9.26 Å². The van der Waals surface area contributed by atoms with Gasteiger partial charge in [0.25, 0.3) is 11.8 Å². The molecular formula is C20H19FN4O3. The molecule has 28 heavy (non-hydrogen) atoms. The molecule has 8 heteroatoms. The summed E-state index contributed by atoms with van der Waals surface area (Å²) in [5.74, 6) is -0.321. The molecule has 0 aliphatic carbocycles. The van der Waals surface area contributed by atoms with Crippen molar-refractivity contribution in [3.8, 4) is 17.2 Å². The molecule has 1 aliphatic heterocycles. The largest absolute Gasteiger partial charge is 0.470 e. The molecule has 1 aromatic carbocycles. The van der Waals surface area contributed by atoms with Crippen molar-refractivity contribution in [2.45, 2.75) is 25.9 Å². The first kappa shape index (κ1) is 18.1. The number of hydrogen-bond donors (Lipinski definition) is 0. The van der Waals surface area contributed by atoms with Gasteiger partial charge in [-0.05, 0) is 6.42 Å². The van der Waals surface area contributed by atoms with Crippen molar-refractivity contribution < 1.29 is 18.4 Å². The van der Waals surface area contributed by atoms with E-state index in [1.165, 1.54) is 6.33 Å². The van der Waals surface area contributed by atoms with E-state index in [1.54, 1.807) is 11.0 Å². The minimum Gasteiger partial charge on any atom is -0.470 e. The molecule has 0 N–H and O–H groups in total. The smallest absolute Gasteiger partial charge is 0.276 e. The fourth-order valence-corrected chi connectivity index (χ4v) is 3.16. The molecule has 0 spiro atoms. The van der Waals surface area contributed by atoms with Gasteiger partial charge in [0, 0.05) is 24.6 Å². The molecule has 1 saturated heterocycles. The number of benzene rings is 1. The molecule has 0 radical (unpaired) electrons. The van der Waals surface area contributed by atoms with Crippen LogP contribution in [0.4, 0.5) is 4.39 Å². The summed E-state index contributed by atoms with van der Waals surface area (Å²) < 4.78 is 25.2. The molecule has 1 atom stereocenters. The molecule has 0 bridgehead atoms. The Bertz CT molecular complexity index is 977. The van der Waals surface area contributed by atoms with Gasteiger partial charge in [-0.1, -0.05) is 42.4 Å². The standard InChI is InChI=1S/C20H19FN4O3/c1-2-15-18(21)19(23-12-22-15)27-14-8-9-25(11-14)20(26)16-10-17(28-24-16)13-6-4-3-5-7-13/h3-7,10,12,14H,2,8-9,11H2,1H3. The highest BCUT2D eigenvalue weighted by molar-refractivity contribution is 5.93. The molecule has 3 heterocycles. The van der Waals surface area contributed by atoms with Gasteiger partial charge in [-0.25, -0.2) is 4.98 Å². The topological polar surface area (TPSA) is 81.4 Å². The molecule has 4 rings (SSSR count). The van der Waals surface area contributed by atoms with E-state index in [0.29, 0.717) is 37.4 Å². The minimum absolute atomic E-state index is 0.0704. The lowest BCUT2D eigenvalue weighted by atomic mass is 10.1. The number of halogens is 1. The normalized spacial score (nSPS) is 16.4. The van der Waals surface area contributed by atoms with Gasteiger partial charge in [0.15, 0.2) is 11.5 Å². The zero-order valence-electron chi connectivity index (χ0n) is 15.3. The van der Waals surface area contributed by atoms with Crippen LogP contribution >= 0.6 is 0 Å². The SMILES string of the molecule is CCc1ncnc(OC2CCN(C(=O)c3cc(-c4ccccc4)on3)C2)c1F. The van der Waals surface area contributed by atoms with Crippen LogP contribution in [0.1, 0.15) is 29.5 Å². The van der Waals surface area contributed by atoms with Gasteiger partial charge in [0.2, 0.25) is 5.82 Å². The summed E-state index contributed by atoms with van der Waals surface area (Å²) in [5.41, 5.74) is 1.40. The third kappa shape index (κ3) is 3.58. The first-order valence-corrected chi connectivity index (χ1v) is 9.13. The maximum atomic E-state index is 14.3. The number of ether oxygens (including phenoxy) is 1. The first-order valence-electron chi connectivity index (χ1n) is 9.13. The van der Waals surface area contributed by atoms with Gasteiger partial charge in [0.1, 0.15) is 12.4 Å². The third-order valence-electron chi connectivity index (χ3n) is 4.66. The fraction of sp³-hybridized carbons (Fsp3) is 0.300. The van der Waals surface area contributed by atoms with Crippen molar-refractivity contribution >= 4 is 5.91 Å². The summed E-state index contributed by atoms with van der Waals surface area (Å²) >= 11 is 0. The highest BCUT2D eigenvalue weighted by Crippen LogP contribution is 2.24. The Morgan fingerprint density at radius 3 is 2.93 bits per heavy atom. The molecule has 144 valence electrons. The quantitative estimate of drug-likeness (QED) is 0.674. The highest BCUT2D eigenvalue weighted by atomic mass is 19.1. The third-order valence-corrected chi connectivity index (χ3v) is 4.66. The number of aromatic nitrogens is 3. The zero-order valence-corrected chi connectivity index (χ0v) is 15.3. The van der Waals surface area contributed by atoms with Gasteiger partial charge >= 0.3 is 0 Å². The maximum Gasteiger partial charge on any atom is 0.276 e. The molecule has 2 aromatic heterocycles. The van der Waals surface area contributed by atoms with Crippen LogP contribution in [0, 0.1) is 5.82 Å². The van der Waals surface area contributed by atoms with E-state index < -0.39 is 5.82 Å². The second-order valence-corrected chi connectivity index (χ2v) is 6.52. The highest BCUT2D eigenvalue weighted by Gasteiger charge is 2.31. The Hall–Kier alpha value is -3.29. The fourth-order valence-electron chi connectivity index (χ4n) is 3.16. The van der Waals surface area contributed by atoms with Crippen molar-refractivity contribution in [3.63, 3.8) is 0 Å². The van der Waals surface area contributed by atoms with Gasteiger partial charge in [-0.2, -0.15) is 9.37 Å². The lowest BCUT2D eigenvalue weighted by Crippen LogP contribution is -2.31. The second kappa shape index (κ2) is 7.75.